The van der Waals surface area contributed by atoms with E-state index in [4.69, 9.17) is 4.74 Å². The van der Waals surface area contributed by atoms with Crippen LogP contribution in [0.1, 0.15) is 49.9 Å². The molecule has 0 spiro atoms. The molecule has 7 heteroatoms. The lowest BCUT2D eigenvalue weighted by Gasteiger charge is -2.30. The van der Waals surface area contributed by atoms with E-state index in [1.54, 1.807) is 12.1 Å². The highest BCUT2D eigenvalue weighted by atomic mass is 16.5. The van der Waals surface area contributed by atoms with Gasteiger partial charge in [-0.1, -0.05) is 54.6 Å². The van der Waals surface area contributed by atoms with Gasteiger partial charge in [0, 0.05) is 37.8 Å². The van der Waals surface area contributed by atoms with E-state index in [1.807, 2.05) is 42.2 Å². The number of hydrogen-bond donors (Lipinski definition) is 3. The molecule has 192 valence electrons. The first-order valence-corrected chi connectivity index (χ1v) is 12.9. The zero-order valence-electron chi connectivity index (χ0n) is 21.1. The zero-order valence-corrected chi connectivity index (χ0v) is 21.1. The number of hydrogen-bond acceptors (Lipinski definition) is 5. The van der Waals surface area contributed by atoms with Crippen molar-refractivity contribution >= 4 is 11.8 Å². The van der Waals surface area contributed by atoms with Crippen LogP contribution in [0.3, 0.4) is 0 Å². The molecular weight excluding hydrogens is 466 g/mol. The SMILES string of the molecule is CCOc1cc2c(cc1C(=O)NCC(O)[C@@H]1Cc3ccccc3CN1)CN(CCc1ccccc1)C2=O. The molecule has 3 N–H and O–H groups in total. The molecule has 1 unspecified atom stereocenters. The Morgan fingerprint density at radius 3 is 2.65 bits per heavy atom. The predicted octanol–water partition coefficient (Wildman–Crippen LogP) is 3.09. The number of fused-ring (bicyclic) bond motifs is 2. The average Bonchev–Trinajstić information content (AvgIpc) is 3.24. The summed E-state index contributed by atoms with van der Waals surface area (Å²) in [5, 5.41) is 17.0. The molecule has 0 aromatic heterocycles. The second-order valence-corrected chi connectivity index (χ2v) is 9.64. The number of rotatable bonds is 9. The van der Waals surface area contributed by atoms with E-state index in [-0.39, 0.29) is 24.4 Å². The third-order valence-electron chi connectivity index (χ3n) is 7.19. The third-order valence-corrected chi connectivity index (χ3v) is 7.19. The Labute approximate surface area is 217 Å². The molecule has 0 aliphatic carbocycles. The molecule has 2 atom stereocenters. The average molecular weight is 500 g/mol. The maximum absolute atomic E-state index is 13.2. The number of carbonyl (C=O) groups is 2. The van der Waals surface area contributed by atoms with Crippen molar-refractivity contribution in [2.45, 2.75) is 45.0 Å². The largest absolute Gasteiger partial charge is 0.493 e. The fraction of sp³-hybridized carbons (Fsp3) is 0.333. The standard InChI is InChI=1S/C30H33N3O4/c1-2-37-28-16-24-23(19-33(30(24)36)13-12-20-8-4-3-5-9-20)14-25(28)29(35)32-18-27(34)26-15-21-10-6-7-11-22(21)17-31-26/h3-11,14,16,26-27,31,34H,2,12-13,15,17-19H2,1H3,(H,32,35)/t26-,27?/m0/s1. The van der Waals surface area contributed by atoms with E-state index in [1.165, 1.54) is 16.7 Å². The lowest BCUT2D eigenvalue weighted by Crippen LogP contribution is -2.49. The Hall–Kier alpha value is -3.68. The van der Waals surface area contributed by atoms with Crippen molar-refractivity contribution in [1.82, 2.24) is 15.5 Å². The van der Waals surface area contributed by atoms with Gasteiger partial charge in [0.05, 0.1) is 18.3 Å². The van der Waals surface area contributed by atoms with Crippen LogP contribution in [0.4, 0.5) is 0 Å². The number of ether oxygens (including phenoxy) is 1. The fourth-order valence-electron chi connectivity index (χ4n) is 5.13. The smallest absolute Gasteiger partial charge is 0.255 e. The van der Waals surface area contributed by atoms with Crippen LogP contribution in [0, 0.1) is 0 Å². The van der Waals surface area contributed by atoms with Crippen LogP contribution < -0.4 is 15.4 Å². The summed E-state index contributed by atoms with van der Waals surface area (Å²) in [7, 11) is 0. The summed E-state index contributed by atoms with van der Waals surface area (Å²) in [4.78, 5) is 28.1. The lowest BCUT2D eigenvalue weighted by molar-refractivity contribution is 0.0779. The normalized spacial score (nSPS) is 17.2. The number of aliphatic hydroxyl groups excluding tert-OH is 1. The summed E-state index contributed by atoms with van der Waals surface area (Å²) in [6.45, 7) is 4.09. The molecule has 3 aromatic rings. The quantitative estimate of drug-likeness (QED) is 0.421. The molecule has 0 saturated carbocycles. The van der Waals surface area contributed by atoms with Crippen molar-refractivity contribution in [2.24, 2.45) is 0 Å². The number of nitrogens with zero attached hydrogens (tertiary/aromatic N) is 1. The highest BCUT2D eigenvalue weighted by Crippen LogP contribution is 2.31. The van der Waals surface area contributed by atoms with Gasteiger partial charge < -0.3 is 25.4 Å². The molecule has 0 radical (unpaired) electrons. The Balaban J connectivity index is 1.24. The second kappa shape index (κ2) is 11.2. The van der Waals surface area contributed by atoms with Crippen molar-refractivity contribution < 1.29 is 19.4 Å². The molecule has 2 aliphatic rings. The fourth-order valence-corrected chi connectivity index (χ4v) is 5.13. The second-order valence-electron chi connectivity index (χ2n) is 9.64. The Morgan fingerprint density at radius 2 is 1.86 bits per heavy atom. The van der Waals surface area contributed by atoms with Crippen LogP contribution in [0.25, 0.3) is 0 Å². The summed E-state index contributed by atoms with van der Waals surface area (Å²) in [6, 6.07) is 21.6. The van der Waals surface area contributed by atoms with E-state index in [0.717, 1.165) is 12.0 Å². The van der Waals surface area contributed by atoms with E-state index in [0.29, 0.717) is 49.5 Å². The van der Waals surface area contributed by atoms with Gasteiger partial charge in [-0.05, 0) is 54.2 Å². The van der Waals surface area contributed by atoms with Gasteiger partial charge in [-0.25, -0.2) is 0 Å². The Bertz CT molecular complexity index is 1280. The summed E-state index contributed by atoms with van der Waals surface area (Å²) >= 11 is 0. The minimum atomic E-state index is -0.739. The Kier molecular flexibility index (Phi) is 7.53. The molecule has 3 aromatic carbocycles. The highest BCUT2D eigenvalue weighted by molar-refractivity contribution is 6.03. The van der Waals surface area contributed by atoms with Gasteiger partial charge in [0.15, 0.2) is 0 Å². The number of carbonyl (C=O) groups excluding carboxylic acids is 2. The van der Waals surface area contributed by atoms with Crippen LogP contribution in [0.15, 0.2) is 66.7 Å². The molecule has 0 bridgehead atoms. The number of nitrogens with one attached hydrogen (secondary N) is 2. The van der Waals surface area contributed by atoms with Crippen molar-refractivity contribution in [3.05, 3.63) is 100 Å². The first kappa shape index (κ1) is 25.0. The molecule has 2 amide bonds. The van der Waals surface area contributed by atoms with Crippen LogP contribution in [-0.4, -0.2) is 53.7 Å². The molecule has 5 rings (SSSR count). The van der Waals surface area contributed by atoms with E-state index in [2.05, 4.69) is 34.9 Å². The van der Waals surface area contributed by atoms with Crippen LogP contribution >= 0.6 is 0 Å². The van der Waals surface area contributed by atoms with Gasteiger partial charge in [0.1, 0.15) is 5.75 Å². The van der Waals surface area contributed by atoms with Crippen LogP contribution in [0.2, 0.25) is 0 Å². The molecule has 0 fully saturated rings. The maximum atomic E-state index is 13.2. The maximum Gasteiger partial charge on any atom is 0.255 e. The number of aliphatic hydroxyl groups is 1. The highest BCUT2D eigenvalue weighted by Gasteiger charge is 2.31. The predicted molar refractivity (Wildman–Crippen MR) is 142 cm³/mol. The van der Waals surface area contributed by atoms with E-state index >= 15 is 0 Å². The molecule has 2 aliphatic heterocycles. The van der Waals surface area contributed by atoms with Gasteiger partial charge in [-0.2, -0.15) is 0 Å². The van der Waals surface area contributed by atoms with Crippen LogP contribution in [-0.2, 0) is 25.9 Å². The minimum absolute atomic E-state index is 0.0436. The van der Waals surface area contributed by atoms with Gasteiger partial charge in [-0.15, -0.1) is 0 Å². The third kappa shape index (κ3) is 5.53. The molecule has 2 heterocycles. The molecule has 37 heavy (non-hydrogen) atoms. The molecule has 0 saturated heterocycles. The van der Waals surface area contributed by atoms with Crippen molar-refractivity contribution in [3.8, 4) is 5.75 Å². The minimum Gasteiger partial charge on any atom is -0.493 e. The molecular formula is C30H33N3O4. The van der Waals surface area contributed by atoms with Gasteiger partial charge in [0.25, 0.3) is 11.8 Å². The van der Waals surface area contributed by atoms with Crippen molar-refractivity contribution in [1.29, 1.82) is 0 Å². The number of benzene rings is 3. The first-order valence-electron chi connectivity index (χ1n) is 12.9. The van der Waals surface area contributed by atoms with Gasteiger partial charge >= 0.3 is 0 Å². The summed E-state index contributed by atoms with van der Waals surface area (Å²) in [5.41, 5.74) is 5.41. The summed E-state index contributed by atoms with van der Waals surface area (Å²) in [5.74, 6) is 0.0193. The van der Waals surface area contributed by atoms with Crippen molar-refractivity contribution in [2.75, 3.05) is 19.7 Å². The summed E-state index contributed by atoms with van der Waals surface area (Å²) in [6.07, 6.45) is 0.735. The lowest BCUT2D eigenvalue weighted by atomic mass is 9.93. The number of amides is 2. The first-order chi connectivity index (χ1) is 18.0. The van der Waals surface area contributed by atoms with E-state index < -0.39 is 6.10 Å². The zero-order chi connectivity index (χ0) is 25.8. The van der Waals surface area contributed by atoms with E-state index in [9.17, 15) is 14.7 Å². The van der Waals surface area contributed by atoms with Crippen LogP contribution in [0.5, 0.6) is 5.75 Å². The molecule has 7 nitrogen and oxygen atoms in total. The monoisotopic (exact) mass is 499 g/mol. The topological polar surface area (TPSA) is 90.9 Å². The van der Waals surface area contributed by atoms with Gasteiger partial charge in [0.2, 0.25) is 0 Å². The van der Waals surface area contributed by atoms with Crippen molar-refractivity contribution in [3.63, 3.8) is 0 Å². The van der Waals surface area contributed by atoms with Gasteiger partial charge in [-0.3, -0.25) is 9.59 Å². The summed E-state index contributed by atoms with van der Waals surface area (Å²) < 4.78 is 5.75. The Morgan fingerprint density at radius 1 is 1.11 bits per heavy atom.